The van der Waals surface area contributed by atoms with Gasteiger partial charge in [-0.25, -0.2) is 4.68 Å². The Hall–Kier alpha value is -3.04. The molecule has 0 N–H and O–H groups in total. The number of nitrogens with zero attached hydrogens (tertiary/aromatic N) is 6. The van der Waals surface area contributed by atoms with Gasteiger partial charge in [0.2, 0.25) is 0 Å². The van der Waals surface area contributed by atoms with Gasteiger partial charge >= 0.3 is 11.1 Å². The second-order valence-corrected chi connectivity index (χ2v) is 8.21. The van der Waals surface area contributed by atoms with Crippen LogP contribution in [0.3, 0.4) is 0 Å². The summed E-state index contributed by atoms with van der Waals surface area (Å²) in [5, 5.41) is 8.65. The van der Waals surface area contributed by atoms with E-state index in [1.54, 1.807) is 4.68 Å². The minimum Gasteiger partial charge on any atom is -0.364 e. The maximum atomic E-state index is 12.8. The standard InChI is InChI=1S/C21H24N6O3/c1-24-10-17(9-22-24)11-25-8-7-21(14-25)15-26-18(13-30-21)23-27(20(29)19(26)28)12-16-5-3-2-4-6-16/h2-6,9-10H,7-8,11-15H2,1H3/t21-/m0/s1. The zero-order chi connectivity index (χ0) is 20.7. The van der Waals surface area contributed by atoms with Crippen molar-refractivity contribution in [3.8, 4) is 0 Å². The van der Waals surface area contributed by atoms with Gasteiger partial charge in [-0.1, -0.05) is 30.3 Å². The fraction of sp³-hybridized carbons (Fsp3) is 0.429. The van der Waals surface area contributed by atoms with Crippen molar-refractivity contribution in [2.45, 2.75) is 38.3 Å². The average Bonchev–Trinajstić information content (AvgIpc) is 3.33. The van der Waals surface area contributed by atoms with Crippen LogP contribution in [0.25, 0.3) is 0 Å². The lowest BCUT2D eigenvalue weighted by Crippen LogP contribution is -2.53. The molecule has 1 atom stereocenters. The molecular weight excluding hydrogens is 384 g/mol. The van der Waals surface area contributed by atoms with Gasteiger partial charge in [0.1, 0.15) is 12.2 Å². The van der Waals surface area contributed by atoms with Crippen LogP contribution in [0.4, 0.5) is 0 Å². The molecule has 1 spiro atoms. The summed E-state index contributed by atoms with van der Waals surface area (Å²) >= 11 is 0. The van der Waals surface area contributed by atoms with E-state index in [9.17, 15) is 9.59 Å². The van der Waals surface area contributed by atoms with Crippen molar-refractivity contribution in [2.75, 3.05) is 13.1 Å². The summed E-state index contributed by atoms with van der Waals surface area (Å²) in [6, 6.07) is 9.53. The van der Waals surface area contributed by atoms with Gasteiger partial charge in [-0.05, 0) is 12.0 Å². The molecule has 0 unspecified atom stereocenters. The molecular formula is C21H24N6O3. The van der Waals surface area contributed by atoms with E-state index in [2.05, 4.69) is 15.1 Å². The Morgan fingerprint density at radius 2 is 1.90 bits per heavy atom. The second-order valence-electron chi connectivity index (χ2n) is 8.21. The minimum absolute atomic E-state index is 0.227. The van der Waals surface area contributed by atoms with E-state index in [-0.39, 0.29) is 13.2 Å². The number of aryl methyl sites for hydroxylation is 1. The predicted molar refractivity (Wildman–Crippen MR) is 109 cm³/mol. The molecule has 2 aromatic heterocycles. The highest BCUT2D eigenvalue weighted by Crippen LogP contribution is 2.31. The van der Waals surface area contributed by atoms with Gasteiger partial charge < -0.3 is 4.74 Å². The molecule has 4 heterocycles. The molecule has 1 saturated heterocycles. The molecule has 2 aliphatic rings. The molecule has 0 amide bonds. The summed E-state index contributed by atoms with van der Waals surface area (Å²) in [6.45, 7) is 3.23. The first kappa shape index (κ1) is 19.0. The van der Waals surface area contributed by atoms with Gasteiger partial charge in [0, 0.05) is 38.4 Å². The summed E-state index contributed by atoms with van der Waals surface area (Å²) in [7, 11) is 1.90. The number of rotatable bonds is 4. The van der Waals surface area contributed by atoms with Crippen molar-refractivity contribution in [1.82, 2.24) is 29.0 Å². The van der Waals surface area contributed by atoms with Crippen molar-refractivity contribution in [3.63, 3.8) is 0 Å². The van der Waals surface area contributed by atoms with Crippen LogP contribution in [0.2, 0.25) is 0 Å². The second kappa shape index (κ2) is 7.33. The number of ether oxygens (including phenoxy) is 1. The smallest absolute Gasteiger partial charge is 0.332 e. The maximum Gasteiger partial charge on any atom is 0.332 e. The fourth-order valence-corrected chi connectivity index (χ4v) is 4.39. The Morgan fingerprint density at radius 1 is 1.07 bits per heavy atom. The highest BCUT2D eigenvalue weighted by molar-refractivity contribution is 5.15. The number of hydrogen-bond donors (Lipinski definition) is 0. The molecule has 156 valence electrons. The van der Waals surface area contributed by atoms with Gasteiger partial charge in [0.15, 0.2) is 5.82 Å². The zero-order valence-corrected chi connectivity index (χ0v) is 16.9. The van der Waals surface area contributed by atoms with Crippen molar-refractivity contribution >= 4 is 0 Å². The van der Waals surface area contributed by atoms with E-state index in [0.29, 0.717) is 18.9 Å². The molecule has 9 nitrogen and oxygen atoms in total. The number of hydrogen-bond acceptors (Lipinski definition) is 6. The van der Waals surface area contributed by atoms with Crippen molar-refractivity contribution < 1.29 is 4.74 Å². The number of benzene rings is 1. The molecule has 30 heavy (non-hydrogen) atoms. The van der Waals surface area contributed by atoms with Gasteiger partial charge in [-0.15, -0.1) is 0 Å². The fourth-order valence-electron chi connectivity index (χ4n) is 4.39. The molecule has 0 bridgehead atoms. The SMILES string of the molecule is Cn1cc(CN2CC[C@]3(C2)Cn2c(nn(Cc4ccccc4)c(=O)c2=O)CO3)cn1. The van der Waals surface area contributed by atoms with E-state index < -0.39 is 16.7 Å². The van der Waals surface area contributed by atoms with Crippen molar-refractivity contribution in [1.29, 1.82) is 0 Å². The lowest BCUT2D eigenvalue weighted by molar-refractivity contribution is -0.0858. The Balaban J connectivity index is 1.36. The van der Waals surface area contributed by atoms with Crippen LogP contribution < -0.4 is 11.1 Å². The molecule has 0 radical (unpaired) electrons. The van der Waals surface area contributed by atoms with Crippen LogP contribution in [0.5, 0.6) is 0 Å². The highest BCUT2D eigenvalue weighted by atomic mass is 16.5. The summed E-state index contributed by atoms with van der Waals surface area (Å²) in [5.74, 6) is 0.506. The largest absolute Gasteiger partial charge is 0.364 e. The molecule has 3 aromatic rings. The summed E-state index contributed by atoms with van der Waals surface area (Å²) in [5.41, 5.74) is 0.493. The van der Waals surface area contributed by atoms with Crippen LogP contribution in [0.1, 0.15) is 23.4 Å². The Bertz CT molecular complexity index is 1180. The monoisotopic (exact) mass is 408 g/mol. The lowest BCUT2D eigenvalue weighted by atomic mass is 10.0. The van der Waals surface area contributed by atoms with Gasteiger partial charge in [-0.3, -0.25) is 23.7 Å². The van der Waals surface area contributed by atoms with Crippen LogP contribution >= 0.6 is 0 Å². The molecule has 1 fully saturated rings. The first-order valence-corrected chi connectivity index (χ1v) is 10.1. The normalized spacial score (nSPS) is 21.2. The van der Waals surface area contributed by atoms with E-state index in [1.807, 2.05) is 49.8 Å². The summed E-state index contributed by atoms with van der Waals surface area (Å²) in [4.78, 5) is 27.8. The molecule has 5 rings (SSSR count). The Morgan fingerprint density at radius 3 is 2.67 bits per heavy atom. The third kappa shape index (κ3) is 3.50. The Kier molecular flexibility index (Phi) is 4.63. The Labute approximate surface area is 173 Å². The van der Waals surface area contributed by atoms with Crippen molar-refractivity contribution in [2.24, 2.45) is 7.05 Å². The average molecular weight is 408 g/mol. The number of aromatic nitrogens is 5. The predicted octanol–water partition coefficient (Wildman–Crippen LogP) is 0.362. The van der Waals surface area contributed by atoms with E-state index in [0.717, 1.165) is 30.6 Å². The third-order valence-electron chi connectivity index (χ3n) is 5.90. The zero-order valence-electron chi connectivity index (χ0n) is 16.9. The van der Waals surface area contributed by atoms with Crippen LogP contribution in [-0.4, -0.2) is 47.7 Å². The highest BCUT2D eigenvalue weighted by Gasteiger charge is 2.43. The molecule has 9 heteroatoms. The third-order valence-corrected chi connectivity index (χ3v) is 5.90. The van der Waals surface area contributed by atoms with Gasteiger partial charge in [0.25, 0.3) is 0 Å². The van der Waals surface area contributed by atoms with Crippen LogP contribution in [0, 0.1) is 0 Å². The van der Waals surface area contributed by atoms with E-state index in [1.165, 1.54) is 9.25 Å². The molecule has 2 aliphatic heterocycles. The summed E-state index contributed by atoms with van der Waals surface area (Å²) < 4.78 is 10.8. The maximum absolute atomic E-state index is 12.8. The van der Waals surface area contributed by atoms with Crippen LogP contribution in [0.15, 0.2) is 52.3 Å². The topological polar surface area (TPSA) is 87.2 Å². The first-order chi connectivity index (χ1) is 14.5. The molecule has 0 saturated carbocycles. The quantitative estimate of drug-likeness (QED) is 0.580. The molecule has 0 aliphatic carbocycles. The van der Waals surface area contributed by atoms with E-state index in [4.69, 9.17) is 4.74 Å². The minimum atomic E-state index is -0.593. The lowest BCUT2D eigenvalue weighted by Gasteiger charge is -2.35. The van der Waals surface area contributed by atoms with Crippen LogP contribution in [-0.2, 0) is 38.0 Å². The number of likely N-dealkylation sites (tertiary alicyclic amines) is 1. The number of fused-ring (bicyclic) bond motifs is 1. The summed E-state index contributed by atoms with van der Waals surface area (Å²) in [6.07, 6.45) is 4.68. The van der Waals surface area contributed by atoms with E-state index >= 15 is 0 Å². The van der Waals surface area contributed by atoms with Gasteiger partial charge in [-0.2, -0.15) is 10.2 Å². The van der Waals surface area contributed by atoms with Crippen molar-refractivity contribution in [3.05, 3.63) is 80.4 Å². The molecule has 1 aromatic carbocycles. The van der Waals surface area contributed by atoms with Gasteiger partial charge in [0.05, 0.1) is 19.3 Å². The first-order valence-electron chi connectivity index (χ1n) is 10.1.